The number of hydrogen-bond donors (Lipinski definition) is 3. The van der Waals surface area contributed by atoms with E-state index < -0.39 is 5.82 Å². The van der Waals surface area contributed by atoms with Crippen molar-refractivity contribution in [3.63, 3.8) is 0 Å². The van der Waals surface area contributed by atoms with Gasteiger partial charge in [0.25, 0.3) is 0 Å². The van der Waals surface area contributed by atoms with Gasteiger partial charge in [-0.3, -0.25) is 9.69 Å². The van der Waals surface area contributed by atoms with E-state index in [1.165, 1.54) is 17.7 Å². The van der Waals surface area contributed by atoms with Gasteiger partial charge in [0.05, 0.1) is 12.1 Å². The quantitative estimate of drug-likeness (QED) is 0.636. The maximum absolute atomic E-state index is 14.3. The van der Waals surface area contributed by atoms with Gasteiger partial charge in [0.1, 0.15) is 0 Å². The highest BCUT2D eigenvalue weighted by Gasteiger charge is 2.41. The van der Waals surface area contributed by atoms with Crippen molar-refractivity contribution >= 4 is 29.0 Å². The van der Waals surface area contributed by atoms with Crippen molar-refractivity contribution in [2.75, 3.05) is 35.7 Å². The van der Waals surface area contributed by atoms with Gasteiger partial charge in [-0.05, 0) is 57.0 Å². The molecule has 2 aromatic rings. The number of anilines is 4. The van der Waals surface area contributed by atoms with Crippen LogP contribution in [-0.4, -0.2) is 59.0 Å². The number of halogens is 1. The first kappa shape index (κ1) is 20.9. The minimum Gasteiger partial charge on any atom is -0.369 e. The summed E-state index contributed by atoms with van der Waals surface area (Å²) in [6.07, 6.45) is 4.72. The number of rotatable bonds is 6. The molecule has 4 N–H and O–H groups in total. The maximum Gasteiger partial charge on any atom is 0.229 e. The number of piperazine rings is 1. The normalized spacial score (nSPS) is 27.2. The second-order valence-corrected chi connectivity index (χ2v) is 9.34. The van der Waals surface area contributed by atoms with Crippen molar-refractivity contribution in [1.82, 2.24) is 14.9 Å². The molecule has 2 saturated heterocycles. The summed E-state index contributed by atoms with van der Waals surface area (Å²) >= 11 is 0. The number of aromatic nitrogens is 2. The number of amides is 1. The summed E-state index contributed by atoms with van der Waals surface area (Å²) in [4.78, 5) is 25.0. The Morgan fingerprint density at radius 1 is 1.25 bits per heavy atom. The lowest BCUT2D eigenvalue weighted by molar-refractivity contribution is -0.121. The molecule has 9 heteroatoms. The fourth-order valence-corrected chi connectivity index (χ4v) is 5.52. The van der Waals surface area contributed by atoms with E-state index in [0.717, 1.165) is 37.8 Å². The molecule has 2 bridgehead atoms. The van der Waals surface area contributed by atoms with Crippen LogP contribution in [-0.2, 0) is 4.79 Å². The van der Waals surface area contributed by atoms with Crippen LogP contribution in [0.1, 0.15) is 31.2 Å². The van der Waals surface area contributed by atoms with Crippen LogP contribution in [0.4, 0.5) is 27.5 Å². The van der Waals surface area contributed by atoms with E-state index in [9.17, 15) is 9.18 Å². The molecule has 4 atom stereocenters. The SMILES string of the molecule is Cc1cc(Nc2ncc(F)c(N[C@H]3CCC[C@H]3C(N)=O)n2)ccc1N1CC2CC1CN2C. The van der Waals surface area contributed by atoms with Gasteiger partial charge in [0.15, 0.2) is 11.6 Å². The second kappa shape index (κ2) is 8.20. The van der Waals surface area contributed by atoms with E-state index in [4.69, 9.17) is 5.73 Å². The molecule has 1 aromatic carbocycles. The van der Waals surface area contributed by atoms with Gasteiger partial charge in [-0.25, -0.2) is 9.37 Å². The molecule has 1 aliphatic carbocycles. The van der Waals surface area contributed by atoms with Crippen LogP contribution in [0.2, 0.25) is 0 Å². The van der Waals surface area contributed by atoms with Gasteiger partial charge in [0.2, 0.25) is 11.9 Å². The zero-order chi connectivity index (χ0) is 22.4. The summed E-state index contributed by atoms with van der Waals surface area (Å²) in [6.45, 7) is 4.29. The van der Waals surface area contributed by atoms with Crippen molar-refractivity contribution in [3.8, 4) is 0 Å². The number of carbonyl (C=O) groups is 1. The van der Waals surface area contributed by atoms with Crippen molar-refractivity contribution < 1.29 is 9.18 Å². The largest absolute Gasteiger partial charge is 0.369 e. The van der Waals surface area contributed by atoms with E-state index in [1.807, 2.05) is 6.07 Å². The number of aryl methyl sites for hydroxylation is 1. The number of carbonyl (C=O) groups excluding carboxylic acids is 1. The molecule has 3 heterocycles. The molecule has 1 amide bonds. The number of fused-ring (bicyclic) bond motifs is 2. The topological polar surface area (TPSA) is 99.4 Å². The van der Waals surface area contributed by atoms with E-state index in [2.05, 4.69) is 56.5 Å². The number of nitrogens with zero attached hydrogens (tertiary/aromatic N) is 4. The highest BCUT2D eigenvalue weighted by Crippen LogP contribution is 2.36. The minimum absolute atomic E-state index is 0.0891. The molecule has 1 aromatic heterocycles. The Hall–Kier alpha value is -2.94. The fourth-order valence-electron chi connectivity index (χ4n) is 5.52. The van der Waals surface area contributed by atoms with Crippen LogP contribution in [0.15, 0.2) is 24.4 Å². The third kappa shape index (κ3) is 3.85. The molecular formula is C23H30FN7O. The molecule has 32 heavy (non-hydrogen) atoms. The van der Waals surface area contributed by atoms with Crippen LogP contribution in [0.3, 0.4) is 0 Å². The summed E-state index contributed by atoms with van der Waals surface area (Å²) in [5.74, 6) is -0.827. The fraction of sp³-hybridized carbons (Fsp3) is 0.522. The Balaban J connectivity index is 1.30. The van der Waals surface area contributed by atoms with E-state index in [-0.39, 0.29) is 23.7 Å². The lowest BCUT2D eigenvalue weighted by Crippen LogP contribution is -2.44. The molecule has 1 saturated carbocycles. The molecule has 3 aliphatic rings. The van der Waals surface area contributed by atoms with Gasteiger partial charge < -0.3 is 21.3 Å². The summed E-state index contributed by atoms with van der Waals surface area (Å²) in [7, 11) is 2.20. The zero-order valence-corrected chi connectivity index (χ0v) is 18.5. The zero-order valence-electron chi connectivity index (χ0n) is 18.5. The standard InChI is InChI=1S/C23H30FN7O/c1-13-8-14(6-7-20(13)31-12-15-9-16(31)11-30(15)2)27-23-26-10-18(24)22(29-23)28-19-5-3-4-17(19)21(25)32/h6-8,10,15-17,19H,3-5,9,11-12H2,1-2H3,(H2,25,32)(H2,26,27,28,29)/t15?,16?,17-,19+/m1/s1. The Bertz CT molecular complexity index is 1030. The average Bonchev–Trinajstić information content (AvgIpc) is 3.46. The first-order chi connectivity index (χ1) is 15.4. The predicted molar refractivity (Wildman–Crippen MR) is 123 cm³/mol. The Kier molecular flexibility index (Phi) is 5.36. The first-order valence-electron chi connectivity index (χ1n) is 11.3. The van der Waals surface area contributed by atoms with Crippen molar-refractivity contribution in [2.24, 2.45) is 11.7 Å². The van der Waals surface area contributed by atoms with Crippen LogP contribution in [0.5, 0.6) is 0 Å². The van der Waals surface area contributed by atoms with Crippen LogP contribution in [0.25, 0.3) is 0 Å². The van der Waals surface area contributed by atoms with Crippen molar-refractivity contribution in [2.45, 2.75) is 50.7 Å². The van der Waals surface area contributed by atoms with Gasteiger partial charge in [-0.1, -0.05) is 6.42 Å². The monoisotopic (exact) mass is 439 g/mol. The number of benzene rings is 1. The smallest absolute Gasteiger partial charge is 0.229 e. The third-order valence-corrected chi connectivity index (χ3v) is 7.22. The molecular weight excluding hydrogens is 409 g/mol. The molecule has 2 unspecified atom stereocenters. The highest BCUT2D eigenvalue weighted by atomic mass is 19.1. The molecule has 3 fully saturated rings. The highest BCUT2D eigenvalue weighted by molar-refractivity contribution is 5.78. The minimum atomic E-state index is -0.550. The number of nitrogens with two attached hydrogens (primary N) is 1. The Labute approximate surface area is 187 Å². The number of nitrogens with one attached hydrogen (secondary N) is 2. The molecule has 5 rings (SSSR count). The molecule has 0 spiro atoms. The van der Waals surface area contributed by atoms with Gasteiger partial charge in [-0.15, -0.1) is 0 Å². The summed E-state index contributed by atoms with van der Waals surface area (Å²) in [5.41, 5.74) is 8.78. The Morgan fingerprint density at radius 3 is 2.78 bits per heavy atom. The first-order valence-corrected chi connectivity index (χ1v) is 11.3. The summed E-state index contributed by atoms with van der Waals surface area (Å²) in [5, 5.41) is 6.25. The van der Waals surface area contributed by atoms with Gasteiger partial charge in [-0.2, -0.15) is 4.98 Å². The maximum atomic E-state index is 14.3. The van der Waals surface area contributed by atoms with Crippen LogP contribution >= 0.6 is 0 Å². The summed E-state index contributed by atoms with van der Waals surface area (Å²) < 4.78 is 14.3. The van der Waals surface area contributed by atoms with Crippen LogP contribution in [0, 0.1) is 18.7 Å². The molecule has 8 nitrogen and oxygen atoms in total. The van der Waals surface area contributed by atoms with E-state index >= 15 is 0 Å². The van der Waals surface area contributed by atoms with E-state index in [0.29, 0.717) is 24.5 Å². The average molecular weight is 440 g/mol. The third-order valence-electron chi connectivity index (χ3n) is 7.22. The number of likely N-dealkylation sites (N-methyl/N-ethyl adjacent to an activating group) is 1. The molecule has 170 valence electrons. The Morgan fingerprint density at radius 2 is 2.09 bits per heavy atom. The number of primary amides is 1. The van der Waals surface area contributed by atoms with E-state index in [1.54, 1.807) is 0 Å². The second-order valence-electron chi connectivity index (χ2n) is 9.34. The van der Waals surface area contributed by atoms with Gasteiger partial charge >= 0.3 is 0 Å². The molecule has 2 aliphatic heterocycles. The predicted octanol–water partition coefficient (Wildman–Crippen LogP) is 2.63. The lowest BCUT2D eigenvalue weighted by atomic mass is 10.0. The number of likely N-dealkylation sites (tertiary alicyclic amines) is 1. The van der Waals surface area contributed by atoms with Crippen molar-refractivity contribution in [3.05, 3.63) is 35.8 Å². The number of hydrogen-bond acceptors (Lipinski definition) is 7. The van der Waals surface area contributed by atoms with Crippen LogP contribution < -0.4 is 21.3 Å². The lowest BCUT2D eigenvalue weighted by Gasteiger charge is -2.34. The summed E-state index contributed by atoms with van der Waals surface area (Å²) in [6, 6.07) is 7.24. The van der Waals surface area contributed by atoms with Crippen molar-refractivity contribution in [1.29, 1.82) is 0 Å². The molecule has 0 radical (unpaired) electrons. The van der Waals surface area contributed by atoms with Gasteiger partial charge in [0, 0.05) is 42.6 Å².